The van der Waals surface area contributed by atoms with Crippen molar-refractivity contribution < 1.29 is 5.11 Å². The molecule has 3 saturated carbocycles. The molecule has 1 unspecified atom stereocenters. The Balaban J connectivity index is 1.49. The van der Waals surface area contributed by atoms with E-state index in [0.717, 1.165) is 60.7 Å². The highest BCUT2D eigenvalue weighted by molar-refractivity contribution is 5.25. The maximum atomic E-state index is 12.2. The topological polar surface area (TPSA) is 19.9 Å². The molecule has 0 N–H and O–H groups in total. The van der Waals surface area contributed by atoms with Crippen LogP contribution in [0.5, 0.6) is 0 Å². The minimum Gasteiger partial charge on any atom is -0.233 e. The zero-order valence-electron chi connectivity index (χ0n) is 20.2. The van der Waals surface area contributed by atoms with E-state index in [2.05, 4.69) is 47.6 Å². The summed E-state index contributed by atoms with van der Waals surface area (Å²) in [6, 6.07) is 0. The van der Waals surface area contributed by atoms with Crippen LogP contribution in [-0.4, -0.2) is 6.10 Å². The summed E-state index contributed by atoms with van der Waals surface area (Å²) in [5.41, 5.74) is 2.47. The smallest absolute Gasteiger partial charge is 0.0967 e. The van der Waals surface area contributed by atoms with Gasteiger partial charge < -0.3 is 0 Å². The van der Waals surface area contributed by atoms with E-state index in [9.17, 15) is 5.11 Å². The Bertz CT molecular complexity index is 620. The summed E-state index contributed by atoms with van der Waals surface area (Å²) in [5, 5.41) is 12.2. The van der Waals surface area contributed by atoms with E-state index in [1.807, 2.05) is 0 Å². The SMILES string of the molecule is CC(C)C(C)CC[C@@H](C)[C@H]1CC[C@H]2[C@@H]3CC=C4C[C@@H]([O])CC[C@]4(C)[C@H]3CC[C@]12C. The molecule has 0 aromatic carbocycles. The van der Waals surface area contributed by atoms with Gasteiger partial charge >= 0.3 is 0 Å². The lowest BCUT2D eigenvalue weighted by atomic mass is 9.47. The van der Waals surface area contributed by atoms with Crippen LogP contribution in [-0.2, 0) is 5.11 Å². The predicted molar refractivity (Wildman–Crippen MR) is 122 cm³/mol. The highest BCUT2D eigenvalue weighted by Gasteiger charge is 2.59. The van der Waals surface area contributed by atoms with Crippen molar-refractivity contribution >= 4 is 0 Å². The lowest BCUT2D eigenvalue weighted by Gasteiger charge is -2.58. The summed E-state index contributed by atoms with van der Waals surface area (Å²) < 4.78 is 0. The van der Waals surface area contributed by atoms with E-state index < -0.39 is 0 Å². The fourth-order valence-electron chi connectivity index (χ4n) is 8.66. The first kappa shape index (κ1) is 21.9. The van der Waals surface area contributed by atoms with Gasteiger partial charge in [-0.1, -0.05) is 66.0 Å². The third kappa shape index (κ3) is 3.66. The van der Waals surface area contributed by atoms with Crippen molar-refractivity contribution in [2.24, 2.45) is 52.3 Å². The summed E-state index contributed by atoms with van der Waals surface area (Å²) >= 11 is 0. The van der Waals surface area contributed by atoms with Crippen molar-refractivity contribution in [3.8, 4) is 0 Å². The first-order valence-corrected chi connectivity index (χ1v) is 13.0. The van der Waals surface area contributed by atoms with Crippen LogP contribution in [0.15, 0.2) is 11.6 Å². The van der Waals surface area contributed by atoms with E-state index in [1.54, 1.807) is 5.57 Å². The van der Waals surface area contributed by atoms with Gasteiger partial charge in [0.2, 0.25) is 0 Å². The average molecular weight is 400 g/mol. The van der Waals surface area contributed by atoms with E-state index in [-0.39, 0.29) is 6.10 Å². The molecule has 0 heterocycles. The normalized spacial score (nSPS) is 46.5. The Morgan fingerprint density at radius 2 is 1.72 bits per heavy atom. The molecule has 0 saturated heterocycles. The Labute approximate surface area is 181 Å². The number of fused-ring (bicyclic) bond motifs is 5. The van der Waals surface area contributed by atoms with E-state index >= 15 is 0 Å². The lowest BCUT2D eigenvalue weighted by molar-refractivity contribution is -0.0624. The Morgan fingerprint density at radius 3 is 2.45 bits per heavy atom. The van der Waals surface area contributed by atoms with Crippen LogP contribution in [0, 0.1) is 52.3 Å². The fraction of sp³-hybridized carbons (Fsp3) is 0.929. The first-order chi connectivity index (χ1) is 13.7. The van der Waals surface area contributed by atoms with Crippen LogP contribution >= 0.6 is 0 Å². The lowest BCUT2D eigenvalue weighted by Crippen LogP contribution is -2.50. The van der Waals surface area contributed by atoms with E-state index in [1.165, 1.54) is 44.9 Å². The molecule has 0 amide bonds. The number of allylic oxidation sites excluding steroid dienone is 1. The second kappa shape index (κ2) is 7.99. The van der Waals surface area contributed by atoms with Crippen molar-refractivity contribution in [1.82, 2.24) is 0 Å². The van der Waals surface area contributed by atoms with Crippen LogP contribution in [0.25, 0.3) is 0 Å². The van der Waals surface area contributed by atoms with Crippen molar-refractivity contribution in [2.45, 2.75) is 112 Å². The summed E-state index contributed by atoms with van der Waals surface area (Å²) in [5.74, 6) is 6.15. The summed E-state index contributed by atoms with van der Waals surface area (Å²) in [6.07, 6.45) is 15.0. The van der Waals surface area contributed by atoms with Crippen molar-refractivity contribution in [1.29, 1.82) is 0 Å². The van der Waals surface area contributed by atoms with Gasteiger partial charge in [0.1, 0.15) is 0 Å². The summed E-state index contributed by atoms with van der Waals surface area (Å²) in [6.45, 7) is 15.0. The van der Waals surface area contributed by atoms with E-state index in [0.29, 0.717) is 10.8 Å². The molecule has 0 bridgehead atoms. The van der Waals surface area contributed by atoms with Gasteiger partial charge in [-0.3, -0.25) is 0 Å². The molecule has 3 fully saturated rings. The van der Waals surface area contributed by atoms with Gasteiger partial charge in [-0.2, -0.15) is 0 Å². The van der Waals surface area contributed by atoms with Crippen LogP contribution in [0.3, 0.4) is 0 Å². The molecule has 0 aromatic heterocycles. The van der Waals surface area contributed by atoms with Gasteiger partial charge in [0.05, 0.1) is 6.10 Å². The molecule has 1 nitrogen and oxygen atoms in total. The molecule has 4 aliphatic carbocycles. The van der Waals surface area contributed by atoms with Crippen molar-refractivity contribution in [3.05, 3.63) is 11.6 Å². The Hall–Kier alpha value is -0.300. The third-order valence-corrected chi connectivity index (χ3v) is 11.0. The van der Waals surface area contributed by atoms with Crippen LogP contribution in [0.1, 0.15) is 106 Å². The molecule has 1 radical (unpaired) electrons. The summed E-state index contributed by atoms with van der Waals surface area (Å²) in [4.78, 5) is 0. The Morgan fingerprint density at radius 1 is 0.966 bits per heavy atom. The van der Waals surface area contributed by atoms with Crippen LogP contribution in [0.2, 0.25) is 0 Å². The zero-order chi connectivity index (χ0) is 21.0. The van der Waals surface area contributed by atoms with Gasteiger partial charge in [-0.05, 0) is 104 Å². The highest BCUT2D eigenvalue weighted by Crippen LogP contribution is 2.67. The highest BCUT2D eigenvalue weighted by atomic mass is 16.3. The largest absolute Gasteiger partial charge is 0.233 e. The molecule has 4 rings (SSSR count). The molecule has 4 aliphatic rings. The molecule has 165 valence electrons. The fourth-order valence-corrected chi connectivity index (χ4v) is 8.66. The molecular weight excluding hydrogens is 352 g/mol. The van der Waals surface area contributed by atoms with Crippen molar-refractivity contribution in [2.75, 3.05) is 0 Å². The second-order valence-electron chi connectivity index (χ2n) is 12.6. The molecule has 0 aromatic rings. The number of hydrogen-bond acceptors (Lipinski definition) is 0. The molecular formula is C28H47O. The standard InChI is InChI=1S/C28H47O/c1-18(2)19(3)7-8-20(4)24-11-12-25-23-10-9-21-17-22(29)13-15-27(21,5)26(23)14-16-28(24,25)6/h9,18-20,22-26H,7-8,10-17H2,1-6H3/t19?,20-,22+,23+,24-,25+,26+,27+,28-/m1/s1. The average Bonchev–Trinajstić information content (AvgIpc) is 3.03. The van der Waals surface area contributed by atoms with Crippen LogP contribution in [0.4, 0.5) is 0 Å². The van der Waals surface area contributed by atoms with Gasteiger partial charge in [-0.25, -0.2) is 5.11 Å². The second-order valence-corrected chi connectivity index (χ2v) is 12.6. The van der Waals surface area contributed by atoms with Gasteiger partial charge in [-0.15, -0.1) is 0 Å². The van der Waals surface area contributed by atoms with Gasteiger partial charge in [0, 0.05) is 0 Å². The molecule has 0 spiro atoms. The van der Waals surface area contributed by atoms with Gasteiger partial charge in [0.15, 0.2) is 0 Å². The maximum absolute atomic E-state index is 12.2. The molecule has 1 heteroatoms. The van der Waals surface area contributed by atoms with Crippen LogP contribution < -0.4 is 0 Å². The molecule has 29 heavy (non-hydrogen) atoms. The van der Waals surface area contributed by atoms with Crippen molar-refractivity contribution in [3.63, 3.8) is 0 Å². The number of hydrogen-bond donors (Lipinski definition) is 0. The minimum absolute atomic E-state index is 0.329. The first-order valence-electron chi connectivity index (χ1n) is 13.0. The monoisotopic (exact) mass is 399 g/mol. The third-order valence-electron chi connectivity index (χ3n) is 11.0. The predicted octanol–water partition coefficient (Wildman–Crippen LogP) is 8.07. The zero-order valence-corrected chi connectivity index (χ0v) is 20.2. The maximum Gasteiger partial charge on any atom is 0.0967 e. The molecule has 0 aliphatic heterocycles. The number of rotatable bonds is 5. The summed E-state index contributed by atoms with van der Waals surface area (Å²) in [7, 11) is 0. The molecule has 9 atom stereocenters. The Kier molecular flexibility index (Phi) is 6.04. The van der Waals surface area contributed by atoms with Gasteiger partial charge in [0.25, 0.3) is 0 Å². The quantitative estimate of drug-likeness (QED) is 0.416. The minimum atomic E-state index is -0.329. The van der Waals surface area contributed by atoms with E-state index in [4.69, 9.17) is 0 Å².